The fourth-order valence-corrected chi connectivity index (χ4v) is 8.90. The normalized spacial score (nSPS) is 14.0. The number of ether oxygens (including phenoxy) is 1. The summed E-state index contributed by atoms with van der Waals surface area (Å²) in [6.07, 6.45) is 0.299. The number of amides is 9. The van der Waals surface area contributed by atoms with E-state index < -0.39 is 125 Å². The van der Waals surface area contributed by atoms with E-state index in [1.54, 1.807) is 30.3 Å². The van der Waals surface area contributed by atoms with Gasteiger partial charge in [0.05, 0.1) is 19.6 Å². The Morgan fingerprint density at radius 2 is 1.10 bits per heavy atom. The van der Waals surface area contributed by atoms with Crippen LogP contribution in [-0.2, 0) is 59.1 Å². The summed E-state index contributed by atoms with van der Waals surface area (Å²) in [7, 11) is 1.46. The molecule has 25 nitrogen and oxygen atoms in total. The van der Waals surface area contributed by atoms with E-state index in [1.165, 1.54) is 30.6 Å². The van der Waals surface area contributed by atoms with Gasteiger partial charge >= 0.3 is 5.97 Å². The van der Waals surface area contributed by atoms with Gasteiger partial charge in [-0.25, -0.2) is 0 Å². The van der Waals surface area contributed by atoms with E-state index in [2.05, 4.69) is 65.8 Å². The minimum atomic E-state index is -1.80. The molecular formula is C49H82ClN13O12S3. The van der Waals surface area contributed by atoms with Gasteiger partial charge in [-0.15, -0.1) is 11.6 Å². The van der Waals surface area contributed by atoms with E-state index in [4.69, 9.17) is 33.2 Å². The molecule has 440 valence electrons. The highest BCUT2D eigenvalue weighted by Gasteiger charge is 2.35. The average Bonchev–Trinajstić information content (AvgIpc) is 3.36. The van der Waals surface area contributed by atoms with Crippen molar-refractivity contribution in [1.29, 1.82) is 5.41 Å². The molecule has 0 unspecified atom stereocenters. The summed E-state index contributed by atoms with van der Waals surface area (Å²) in [5, 5.41) is 43.0. The zero-order chi connectivity index (χ0) is 59.0. The number of carboxylic acids is 1. The highest BCUT2D eigenvalue weighted by Crippen LogP contribution is 2.25. The molecule has 0 aliphatic rings. The number of halogens is 1. The van der Waals surface area contributed by atoms with Gasteiger partial charge in [-0.2, -0.15) is 36.2 Å². The number of thioether (sulfide) groups is 2. The first-order valence-corrected chi connectivity index (χ1v) is 28.4. The Balaban J connectivity index is 3.45. The predicted octanol–water partition coefficient (Wildman–Crippen LogP) is -1.40. The Hall–Kier alpha value is -5.55. The standard InChI is InChI=1S/C49H82ClN13O12S3/c1-48(2,3)77-27-35(62-42(70)31(16-11-12-18-51)57-37(64)24-50)45(73)59-30(17-13-19-55-47(52)53)40(68)56-25-38(65)58-33(23-39(66)67)44(72)63-36(28-78-49(4,5)6)46(74)60-32(22-29-14-9-8-10-15-29)43(71)61-34(26-76)41(69)54-20-21-75-7/h8-10,14-15,30-36,76H,11-13,16-28,51H2,1-7H3,(H,54,69)(H,56,68)(H,57,64)(H,58,65)(H,59,73)(H,60,74)(H,61,71)(H,62,70)(H,63,72)(H,66,67)(H4,52,53,55)/t30-,31-,32-,33-,34-,35-,36-/m0/s1. The summed E-state index contributed by atoms with van der Waals surface area (Å²) < 4.78 is 4.12. The Kier molecular flexibility index (Phi) is 33.7. The second-order valence-electron chi connectivity index (χ2n) is 19.8. The topological polar surface area (TPSA) is 396 Å². The number of carbonyl (C=O) groups excluding carboxylic acids is 9. The van der Waals surface area contributed by atoms with Crippen LogP contribution in [0.15, 0.2) is 30.3 Å². The lowest BCUT2D eigenvalue weighted by Crippen LogP contribution is -2.60. The van der Waals surface area contributed by atoms with E-state index in [9.17, 15) is 53.1 Å². The zero-order valence-corrected chi connectivity index (χ0v) is 48.8. The molecule has 1 aromatic carbocycles. The number of unbranched alkanes of at least 4 members (excludes halogenated alkanes) is 1. The third kappa shape index (κ3) is 31.1. The van der Waals surface area contributed by atoms with Crippen LogP contribution in [0.2, 0.25) is 0 Å². The zero-order valence-electron chi connectivity index (χ0n) is 45.5. The number of aliphatic carboxylic acids is 1. The third-order valence-electron chi connectivity index (χ3n) is 10.8. The summed E-state index contributed by atoms with van der Waals surface area (Å²) in [5.41, 5.74) is 11.7. The molecule has 0 aliphatic carbocycles. The molecule has 0 aromatic heterocycles. The molecule has 0 heterocycles. The number of methoxy groups -OCH3 is 1. The second kappa shape index (κ2) is 37.3. The maximum atomic E-state index is 14.2. The van der Waals surface area contributed by atoms with E-state index >= 15 is 0 Å². The molecule has 0 bridgehead atoms. The van der Waals surface area contributed by atoms with Crippen LogP contribution in [0.5, 0.6) is 0 Å². The van der Waals surface area contributed by atoms with Gasteiger partial charge in [0, 0.05) is 53.4 Å². The number of guanidine groups is 1. The van der Waals surface area contributed by atoms with E-state index in [0.717, 1.165) is 0 Å². The van der Waals surface area contributed by atoms with Gasteiger partial charge in [-0.05, 0) is 44.2 Å². The van der Waals surface area contributed by atoms with Gasteiger partial charge < -0.3 is 74.5 Å². The van der Waals surface area contributed by atoms with Crippen molar-refractivity contribution in [1.82, 2.24) is 53.2 Å². The number of thiol groups is 1. The molecular weight excluding hydrogens is 1090 g/mol. The minimum Gasteiger partial charge on any atom is -0.481 e. The summed E-state index contributed by atoms with van der Waals surface area (Å²) in [6, 6.07) is -0.606. The second-order valence-corrected chi connectivity index (χ2v) is 24.1. The van der Waals surface area contributed by atoms with E-state index in [-0.39, 0.29) is 73.3 Å². The molecule has 16 N–H and O–H groups in total. The number of nitrogens with one attached hydrogen (secondary N) is 11. The van der Waals surface area contributed by atoms with Crippen LogP contribution >= 0.6 is 47.8 Å². The lowest BCUT2D eigenvalue weighted by molar-refractivity contribution is -0.141. The monoisotopic (exact) mass is 1180 g/mol. The molecule has 0 radical (unpaired) electrons. The molecule has 0 spiro atoms. The third-order valence-corrected chi connectivity index (χ3v) is 14.1. The highest BCUT2D eigenvalue weighted by atomic mass is 35.5. The average molecular weight is 1180 g/mol. The van der Waals surface area contributed by atoms with Crippen molar-refractivity contribution in [3.63, 3.8) is 0 Å². The number of alkyl halides is 1. The quantitative estimate of drug-likeness (QED) is 0.0120. The van der Waals surface area contributed by atoms with Crippen LogP contribution in [0.3, 0.4) is 0 Å². The van der Waals surface area contributed by atoms with Gasteiger partial charge in [0.2, 0.25) is 53.2 Å². The summed E-state index contributed by atoms with van der Waals surface area (Å²) in [6.45, 7) is 11.2. The smallest absolute Gasteiger partial charge is 0.305 e. The largest absolute Gasteiger partial charge is 0.481 e. The Bertz CT molecular complexity index is 2140. The summed E-state index contributed by atoms with van der Waals surface area (Å²) in [5.74, 6) is -9.65. The Morgan fingerprint density at radius 1 is 0.628 bits per heavy atom. The number of benzene rings is 1. The number of carboxylic acid groups (broad SMARTS) is 1. The lowest BCUT2D eigenvalue weighted by atomic mass is 10.0. The molecule has 1 aromatic rings. The number of hydrogen-bond acceptors (Lipinski definition) is 16. The van der Waals surface area contributed by atoms with Crippen molar-refractivity contribution >= 4 is 113 Å². The van der Waals surface area contributed by atoms with Crippen molar-refractivity contribution in [2.24, 2.45) is 11.5 Å². The Morgan fingerprint density at radius 3 is 1.62 bits per heavy atom. The first-order chi connectivity index (χ1) is 36.6. The van der Waals surface area contributed by atoms with Crippen molar-refractivity contribution in [2.75, 3.05) is 63.0 Å². The number of rotatable bonds is 37. The molecule has 0 saturated heterocycles. The van der Waals surface area contributed by atoms with Crippen molar-refractivity contribution in [3.05, 3.63) is 35.9 Å². The summed E-state index contributed by atoms with van der Waals surface area (Å²) in [4.78, 5) is 134. The molecule has 78 heavy (non-hydrogen) atoms. The summed E-state index contributed by atoms with van der Waals surface area (Å²) >= 11 is 12.5. The van der Waals surface area contributed by atoms with Crippen LogP contribution in [0.25, 0.3) is 0 Å². The van der Waals surface area contributed by atoms with E-state index in [1.807, 2.05) is 41.5 Å². The Labute approximate surface area is 475 Å². The van der Waals surface area contributed by atoms with Crippen molar-refractivity contribution in [3.8, 4) is 0 Å². The van der Waals surface area contributed by atoms with Gasteiger partial charge in [0.1, 0.15) is 48.2 Å². The number of hydrogen-bond donors (Lipinski definition) is 15. The molecule has 0 saturated carbocycles. The van der Waals surface area contributed by atoms with Gasteiger partial charge in [-0.3, -0.25) is 53.4 Å². The van der Waals surface area contributed by atoms with Gasteiger partial charge in [-0.1, -0.05) is 71.9 Å². The van der Waals surface area contributed by atoms with Crippen LogP contribution < -0.4 is 64.6 Å². The van der Waals surface area contributed by atoms with Gasteiger partial charge in [0.25, 0.3) is 0 Å². The highest BCUT2D eigenvalue weighted by molar-refractivity contribution is 8.00. The van der Waals surface area contributed by atoms with Crippen molar-refractivity contribution < 1.29 is 57.8 Å². The molecule has 7 atom stereocenters. The van der Waals surface area contributed by atoms with Crippen LogP contribution in [-0.4, -0.2) is 185 Å². The number of carbonyl (C=O) groups is 10. The van der Waals surface area contributed by atoms with Gasteiger partial charge in [0.15, 0.2) is 5.96 Å². The maximum Gasteiger partial charge on any atom is 0.305 e. The van der Waals surface area contributed by atoms with Crippen molar-refractivity contribution in [2.45, 2.75) is 138 Å². The molecule has 1 rings (SSSR count). The fraction of sp³-hybridized carbons (Fsp3) is 0.653. The number of nitrogens with two attached hydrogens (primary N) is 2. The molecule has 0 aliphatic heterocycles. The first-order valence-electron chi connectivity index (χ1n) is 25.3. The minimum absolute atomic E-state index is 0.0314. The molecule has 9 amide bonds. The van der Waals surface area contributed by atoms with Crippen LogP contribution in [0.4, 0.5) is 0 Å². The predicted molar refractivity (Wildman–Crippen MR) is 305 cm³/mol. The SMILES string of the molecule is COCCNC(=O)[C@H](CS)NC(=O)[C@H](Cc1ccccc1)NC(=O)[C@H](CSC(C)(C)C)NC(=O)[C@H](CC(=O)O)NC(=O)CNC(=O)[C@H](CCCNC(=N)N)NC(=O)[C@H](CSC(C)(C)C)NC(=O)[C@H](CCCCN)NC(=O)CCl. The lowest BCUT2D eigenvalue weighted by Gasteiger charge is -2.28. The van der Waals surface area contributed by atoms with Crippen LogP contribution in [0.1, 0.15) is 85.6 Å². The van der Waals surface area contributed by atoms with E-state index in [0.29, 0.717) is 24.9 Å². The first kappa shape index (κ1) is 70.5. The molecule has 29 heteroatoms. The molecule has 0 fully saturated rings. The fourth-order valence-electron chi connectivity index (χ4n) is 6.76. The van der Waals surface area contributed by atoms with Crippen LogP contribution in [0, 0.1) is 5.41 Å². The maximum absolute atomic E-state index is 14.2.